The normalized spacial score (nSPS) is 24.8. The summed E-state index contributed by atoms with van der Waals surface area (Å²) in [5.74, 6) is 0.583. The van der Waals surface area contributed by atoms with Crippen molar-refractivity contribution in [2.24, 2.45) is 17.1 Å². The van der Waals surface area contributed by atoms with Crippen molar-refractivity contribution in [1.82, 2.24) is 0 Å². The average molecular weight is 225 g/mol. The molecule has 2 fully saturated rings. The molecule has 0 unspecified atom stereocenters. The Morgan fingerprint density at radius 2 is 1.81 bits per heavy atom. The molecule has 0 bridgehead atoms. The third-order valence-corrected chi connectivity index (χ3v) is 4.31. The van der Waals surface area contributed by atoms with E-state index in [4.69, 9.17) is 10.5 Å². The Kier molecular flexibility index (Phi) is 3.85. The zero-order valence-electron chi connectivity index (χ0n) is 10.0. The van der Waals surface area contributed by atoms with Crippen LogP contribution in [-0.4, -0.2) is 19.1 Å². The fourth-order valence-electron chi connectivity index (χ4n) is 3.07. The van der Waals surface area contributed by atoms with Gasteiger partial charge in [0, 0.05) is 6.54 Å². The predicted molar refractivity (Wildman–Crippen MR) is 62.9 cm³/mol. The highest BCUT2D eigenvalue weighted by Crippen LogP contribution is 2.38. The van der Waals surface area contributed by atoms with Crippen molar-refractivity contribution in [3.63, 3.8) is 0 Å². The molecule has 2 saturated carbocycles. The van der Waals surface area contributed by atoms with Gasteiger partial charge in [-0.05, 0) is 31.6 Å². The Morgan fingerprint density at radius 3 is 2.38 bits per heavy atom. The van der Waals surface area contributed by atoms with E-state index >= 15 is 0 Å². The van der Waals surface area contributed by atoms with Crippen molar-refractivity contribution in [1.29, 1.82) is 0 Å². The van der Waals surface area contributed by atoms with Gasteiger partial charge in [-0.15, -0.1) is 0 Å². The molecule has 0 spiro atoms. The van der Waals surface area contributed by atoms with E-state index in [2.05, 4.69) is 0 Å². The number of hydrogen-bond acceptors (Lipinski definition) is 3. The molecule has 3 nitrogen and oxygen atoms in total. The average Bonchev–Trinajstić information content (AvgIpc) is 2.97. The molecule has 2 aliphatic rings. The number of esters is 1. The molecule has 92 valence electrons. The van der Waals surface area contributed by atoms with Gasteiger partial charge in [-0.3, -0.25) is 4.79 Å². The van der Waals surface area contributed by atoms with Crippen LogP contribution in [0.4, 0.5) is 0 Å². The first-order chi connectivity index (χ1) is 7.77. The van der Waals surface area contributed by atoms with Crippen molar-refractivity contribution in [3.8, 4) is 0 Å². The first kappa shape index (κ1) is 11.9. The second-order valence-corrected chi connectivity index (χ2v) is 5.44. The Bertz CT molecular complexity index is 240. The SMILES string of the molecule is NCC1(C(=O)OCC2CCCC2)CCCC1. The van der Waals surface area contributed by atoms with E-state index in [0.29, 0.717) is 19.1 Å². The summed E-state index contributed by atoms with van der Waals surface area (Å²) in [7, 11) is 0. The van der Waals surface area contributed by atoms with Crippen LogP contribution in [0.3, 0.4) is 0 Å². The van der Waals surface area contributed by atoms with Gasteiger partial charge in [0.25, 0.3) is 0 Å². The summed E-state index contributed by atoms with van der Waals surface area (Å²) in [6.45, 7) is 1.08. The molecule has 0 aliphatic heterocycles. The summed E-state index contributed by atoms with van der Waals surface area (Å²) < 4.78 is 5.49. The van der Waals surface area contributed by atoms with Gasteiger partial charge < -0.3 is 10.5 Å². The lowest BCUT2D eigenvalue weighted by atomic mass is 9.86. The molecule has 0 atom stereocenters. The largest absolute Gasteiger partial charge is 0.465 e. The van der Waals surface area contributed by atoms with Crippen LogP contribution >= 0.6 is 0 Å². The molecule has 16 heavy (non-hydrogen) atoms. The lowest BCUT2D eigenvalue weighted by Gasteiger charge is -2.25. The molecule has 2 rings (SSSR count). The topological polar surface area (TPSA) is 52.3 Å². The number of hydrogen-bond donors (Lipinski definition) is 1. The van der Waals surface area contributed by atoms with Gasteiger partial charge in [0.05, 0.1) is 12.0 Å². The molecular weight excluding hydrogens is 202 g/mol. The van der Waals surface area contributed by atoms with Gasteiger partial charge in [0.1, 0.15) is 0 Å². The molecule has 0 saturated heterocycles. The van der Waals surface area contributed by atoms with Crippen LogP contribution in [0.2, 0.25) is 0 Å². The predicted octanol–water partition coefficient (Wildman–Crippen LogP) is 2.24. The standard InChI is InChI=1S/C13H23NO2/c14-10-13(7-3-4-8-13)12(15)16-9-11-5-1-2-6-11/h11H,1-10,14H2. The quantitative estimate of drug-likeness (QED) is 0.746. The van der Waals surface area contributed by atoms with Crippen LogP contribution in [0, 0.1) is 11.3 Å². The first-order valence-electron chi connectivity index (χ1n) is 6.64. The Morgan fingerprint density at radius 1 is 1.19 bits per heavy atom. The molecule has 0 aromatic heterocycles. The number of carbonyl (C=O) groups excluding carboxylic acids is 1. The van der Waals surface area contributed by atoms with Crippen molar-refractivity contribution in [2.75, 3.05) is 13.2 Å². The van der Waals surface area contributed by atoms with Crippen molar-refractivity contribution < 1.29 is 9.53 Å². The smallest absolute Gasteiger partial charge is 0.313 e. The summed E-state index contributed by atoms with van der Waals surface area (Å²) in [6, 6.07) is 0. The van der Waals surface area contributed by atoms with Crippen LogP contribution in [-0.2, 0) is 9.53 Å². The highest BCUT2D eigenvalue weighted by Gasteiger charge is 2.41. The zero-order valence-corrected chi connectivity index (χ0v) is 10.0. The van der Waals surface area contributed by atoms with Gasteiger partial charge in [-0.1, -0.05) is 25.7 Å². The molecule has 0 aromatic rings. The minimum absolute atomic E-state index is 0.0283. The Balaban J connectivity index is 1.81. The van der Waals surface area contributed by atoms with Crippen LogP contribution in [0.15, 0.2) is 0 Å². The molecule has 0 radical (unpaired) electrons. The van der Waals surface area contributed by atoms with Crippen LogP contribution < -0.4 is 5.73 Å². The lowest BCUT2D eigenvalue weighted by molar-refractivity contribution is -0.156. The zero-order chi connectivity index (χ0) is 11.4. The summed E-state index contributed by atoms with van der Waals surface area (Å²) in [4.78, 5) is 12.1. The van der Waals surface area contributed by atoms with Gasteiger partial charge in [-0.25, -0.2) is 0 Å². The minimum atomic E-state index is -0.335. The summed E-state index contributed by atoms with van der Waals surface area (Å²) in [6.07, 6.45) is 9.13. The number of nitrogens with two attached hydrogens (primary N) is 1. The van der Waals surface area contributed by atoms with Crippen LogP contribution in [0.1, 0.15) is 51.4 Å². The molecular formula is C13H23NO2. The monoisotopic (exact) mass is 225 g/mol. The van der Waals surface area contributed by atoms with Gasteiger partial charge in [0.2, 0.25) is 0 Å². The maximum absolute atomic E-state index is 12.1. The van der Waals surface area contributed by atoms with Crippen molar-refractivity contribution >= 4 is 5.97 Å². The highest BCUT2D eigenvalue weighted by atomic mass is 16.5. The fourth-order valence-corrected chi connectivity index (χ4v) is 3.07. The molecule has 0 aromatic carbocycles. The van der Waals surface area contributed by atoms with Crippen molar-refractivity contribution in [3.05, 3.63) is 0 Å². The molecule has 0 amide bonds. The van der Waals surface area contributed by atoms with E-state index in [0.717, 1.165) is 25.7 Å². The molecule has 2 aliphatic carbocycles. The number of carbonyl (C=O) groups is 1. The van der Waals surface area contributed by atoms with E-state index < -0.39 is 0 Å². The second kappa shape index (κ2) is 5.17. The van der Waals surface area contributed by atoms with Gasteiger partial charge >= 0.3 is 5.97 Å². The minimum Gasteiger partial charge on any atom is -0.465 e. The number of ether oxygens (including phenoxy) is 1. The summed E-state index contributed by atoms with van der Waals surface area (Å²) in [5, 5.41) is 0. The second-order valence-electron chi connectivity index (χ2n) is 5.44. The van der Waals surface area contributed by atoms with Crippen molar-refractivity contribution in [2.45, 2.75) is 51.4 Å². The first-order valence-corrected chi connectivity index (χ1v) is 6.64. The summed E-state index contributed by atoms with van der Waals surface area (Å²) >= 11 is 0. The maximum Gasteiger partial charge on any atom is 0.313 e. The fraction of sp³-hybridized carbons (Fsp3) is 0.923. The van der Waals surface area contributed by atoms with Crippen LogP contribution in [0.25, 0.3) is 0 Å². The Hall–Kier alpha value is -0.570. The third kappa shape index (κ3) is 2.40. The molecule has 0 heterocycles. The van der Waals surface area contributed by atoms with Gasteiger partial charge in [0.15, 0.2) is 0 Å². The van der Waals surface area contributed by atoms with Crippen LogP contribution in [0.5, 0.6) is 0 Å². The van der Waals surface area contributed by atoms with E-state index in [9.17, 15) is 4.79 Å². The highest BCUT2D eigenvalue weighted by molar-refractivity contribution is 5.77. The lowest BCUT2D eigenvalue weighted by Crippen LogP contribution is -2.38. The molecule has 2 N–H and O–H groups in total. The van der Waals surface area contributed by atoms with E-state index in [1.54, 1.807) is 0 Å². The third-order valence-electron chi connectivity index (χ3n) is 4.31. The maximum atomic E-state index is 12.1. The summed E-state index contributed by atoms with van der Waals surface area (Å²) in [5.41, 5.74) is 5.42. The van der Waals surface area contributed by atoms with E-state index in [1.165, 1.54) is 25.7 Å². The van der Waals surface area contributed by atoms with E-state index in [-0.39, 0.29) is 11.4 Å². The van der Waals surface area contributed by atoms with Gasteiger partial charge in [-0.2, -0.15) is 0 Å². The molecule has 3 heteroatoms. The van der Waals surface area contributed by atoms with E-state index in [1.807, 2.05) is 0 Å². The number of rotatable bonds is 4. The Labute approximate surface area is 97.7 Å².